The van der Waals surface area contributed by atoms with E-state index >= 15 is 0 Å². The molecule has 1 unspecified atom stereocenters. The molecule has 1 saturated heterocycles. The average molecular weight is 465 g/mol. The maximum Gasteiger partial charge on any atom is 0.459 e. The van der Waals surface area contributed by atoms with Gasteiger partial charge in [0.25, 0.3) is 0 Å². The number of nitrogens with two attached hydrogens (primary N) is 1. The summed E-state index contributed by atoms with van der Waals surface area (Å²) in [6.07, 6.45) is 6.50. The number of amides is 1. The zero-order valence-corrected chi connectivity index (χ0v) is 18.9. The Hall–Kier alpha value is -2.65. The van der Waals surface area contributed by atoms with Gasteiger partial charge in [0.15, 0.2) is 0 Å². The molecule has 2 aliphatic rings. The number of carbonyl (C=O) groups is 2. The molecule has 0 aromatic heterocycles. The van der Waals surface area contributed by atoms with E-state index in [2.05, 4.69) is 9.82 Å². The summed E-state index contributed by atoms with van der Waals surface area (Å²) in [4.78, 5) is 25.0. The van der Waals surface area contributed by atoms with Crippen LogP contribution in [0.2, 0.25) is 0 Å². The summed E-state index contributed by atoms with van der Waals surface area (Å²) >= 11 is 0. The van der Waals surface area contributed by atoms with Crippen molar-refractivity contribution in [2.45, 2.75) is 44.6 Å². The van der Waals surface area contributed by atoms with Gasteiger partial charge in [-0.2, -0.15) is 5.09 Å². The van der Waals surface area contributed by atoms with Gasteiger partial charge in [-0.15, -0.1) is 0 Å². The molecule has 32 heavy (non-hydrogen) atoms. The number of hydrogen-bond donors (Lipinski definition) is 2. The van der Waals surface area contributed by atoms with Crippen LogP contribution in [0, 0.1) is 0 Å². The van der Waals surface area contributed by atoms with Crippen LogP contribution in [0.4, 0.5) is 0 Å². The molecule has 1 aromatic rings. The Kier molecular flexibility index (Phi) is 8.09. The SMILES string of the molecule is COC(=O)[C@H](C)NP(=O)(OC[C@@H]1CC[C@H](N2C=CCC(C(N)=O)=C2)O1)Oc1ccccc1. The average Bonchev–Trinajstić information content (AvgIpc) is 3.27. The van der Waals surface area contributed by atoms with E-state index in [0.717, 1.165) is 0 Å². The number of esters is 1. The van der Waals surface area contributed by atoms with Crippen LogP contribution < -0.4 is 15.3 Å². The number of nitrogens with one attached hydrogen (secondary N) is 1. The second-order valence-electron chi connectivity index (χ2n) is 7.42. The molecule has 4 atom stereocenters. The van der Waals surface area contributed by atoms with Gasteiger partial charge in [-0.25, -0.2) is 4.57 Å². The van der Waals surface area contributed by atoms with Crippen LogP contribution in [0.1, 0.15) is 26.2 Å². The first-order valence-corrected chi connectivity index (χ1v) is 11.8. The van der Waals surface area contributed by atoms with Gasteiger partial charge in [-0.1, -0.05) is 24.3 Å². The lowest BCUT2D eigenvalue weighted by Crippen LogP contribution is -2.35. The number of ether oxygens (including phenoxy) is 2. The highest BCUT2D eigenvalue weighted by Crippen LogP contribution is 2.45. The number of carbonyl (C=O) groups excluding carboxylic acids is 2. The number of para-hydroxylation sites is 1. The molecular formula is C21H28N3O7P. The summed E-state index contributed by atoms with van der Waals surface area (Å²) < 4.78 is 35.3. The lowest BCUT2D eigenvalue weighted by Gasteiger charge is -2.27. The third-order valence-corrected chi connectivity index (χ3v) is 6.60. The Morgan fingerprint density at radius 3 is 2.75 bits per heavy atom. The van der Waals surface area contributed by atoms with E-state index < -0.39 is 25.7 Å². The van der Waals surface area contributed by atoms with E-state index in [9.17, 15) is 14.2 Å². The first kappa shape index (κ1) is 24.0. The van der Waals surface area contributed by atoms with Crippen molar-refractivity contribution in [3.05, 3.63) is 54.4 Å². The first-order valence-electron chi connectivity index (χ1n) is 10.2. The first-order chi connectivity index (χ1) is 15.3. The quantitative estimate of drug-likeness (QED) is 0.395. The molecule has 1 amide bonds. The summed E-state index contributed by atoms with van der Waals surface area (Å²) in [5, 5.41) is 2.61. The van der Waals surface area contributed by atoms with E-state index in [-0.39, 0.29) is 18.9 Å². The van der Waals surface area contributed by atoms with Crippen molar-refractivity contribution < 1.29 is 32.7 Å². The van der Waals surface area contributed by atoms with Gasteiger partial charge >= 0.3 is 13.7 Å². The smallest absolute Gasteiger partial charge is 0.459 e. The Labute approximate surface area is 186 Å². The number of methoxy groups -OCH3 is 1. The fraction of sp³-hybridized carbons (Fsp3) is 0.429. The van der Waals surface area contributed by atoms with Crippen LogP contribution in [0.25, 0.3) is 0 Å². The predicted octanol–water partition coefficient (Wildman–Crippen LogP) is 2.43. The van der Waals surface area contributed by atoms with Gasteiger partial charge < -0.3 is 24.6 Å². The van der Waals surface area contributed by atoms with Gasteiger partial charge in [0.05, 0.1) is 19.8 Å². The van der Waals surface area contributed by atoms with Crippen LogP contribution >= 0.6 is 7.75 Å². The molecule has 3 N–H and O–H groups in total. The Morgan fingerprint density at radius 1 is 1.31 bits per heavy atom. The number of nitrogens with zero attached hydrogens (tertiary/aromatic N) is 1. The zero-order valence-electron chi connectivity index (χ0n) is 18.0. The summed E-state index contributed by atoms with van der Waals surface area (Å²) in [5.74, 6) is -0.744. The maximum absolute atomic E-state index is 13.4. The molecule has 2 aliphatic heterocycles. The molecule has 0 bridgehead atoms. The minimum atomic E-state index is -3.92. The third-order valence-electron chi connectivity index (χ3n) is 4.96. The third kappa shape index (κ3) is 6.43. The van der Waals surface area contributed by atoms with E-state index in [1.807, 2.05) is 12.3 Å². The standard InChI is InChI=1S/C21H28N3O7P/c1-15(21(26)28-2)23-32(27,31-17-8-4-3-5-9-17)29-14-18-10-11-19(30-18)24-12-6-7-16(13-24)20(22)25/h3-6,8-9,12-13,15,18-19H,7,10-11,14H2,1-2H3,(H2,22,25)(H,23,27)/t15-,18-,19+,32?/m0/s1. The number of primary amides is 1. The summed E-state index contributed by atoms with van der Waals surface area (Å²) in [5.41, 5.74) is 5.87. The van der Waals surface area contributed by atoms with E-state index in [0.29, 0.717) is 30.6 Å². The lowest BCUT2D eigenvalue weighted by atomic mass is 10.1. The molecular weight excluding hydrogens is 437 g/mol. The van der Waals surface area contributed by atoms with Crippen molar-refractivity contribution in [2.24, 2.45) is 5.73 Å². The minimum Gasteiger partial charge on any atom is -0.468 e. The van der Waals surface area contributed by atoms with Gasteiger partial charge in [-0.05, 0) is 38.3 Å². The van der Waals surface area contributed by atoms with Crippen LogP contribution in [0.3, 0.4) is 0 Å². The van der Waals surface area contributed by atoms with Crippen LogP contribution in [0.15, 0.2) is 54.4 Å². The molecule has 0 radical (unpaired) electrons. The number of hydrogen-bond acceptors (Lipinski definition) is 8. The largest absolute Gasteiger partial charge is 0.468 e. The molecule has 10 nitrogen and oxygen atoms in total. The van der Waals surface area contributed by atoms with Crippen LogP contribution in [-0.4, -0.2) is 48.9 Å². The van der Waals surface area contributed by atoms with E-state index in [1.54, 1.807) is 41.4 Å². The molecule has 0 spiro atoms. The monoisotopic (exact) mass is 465 g/mol. The zero-order chi connectivity index (χ0) is 23.1. The van der Waals surface area contributed by atoms with E-state index in [1.165, 1.54) is 14.0 Å². The highest BCUT2D eigenvalue weighted by Gasteiger charge is 2.35. The van der Waals surface area contributed by atoms with Crippen molar-refractivity contribution in [3.8, 4) is 5.75 Å². The number of rotatable bonds is 10. The van der Waals surface area contributed by atoms with Crippen molar-refractivity contribution in [3.63, 3.8) is 0 Å². The fourth-order valence-corrected chi connectivity index (χ4v) is 4.83. The van der Waals surface area contributed by atoms with Crippen molar-refractivity contribution in [2.75, 3.05) is 13.7 Å². The second-order valence-corrected chi connectivity index (χ2v) is 9.11. The van der Waals surface area contributed by atoms with Crippen LogP contribution in [0.5, 0.6) is 5.75 Å². The summed E-state index contributed by atoms with van der Waals surface area (Å²) in [7, 11) is -2.68. The highest BCUT2D eigenvalue weighted by atomic mass is 31.2. The maximum atomic E-state index is 13.4. The van der Waals surface area contributed by atoms with Gasteiger partial charge in [0.1, 0.15) is 18.0 Å². The topological polar surface area (TPSA) is 129 Å². The summed E-state index contributed by atoms with van der Waals surface area (Å²) in [6.45, 7) is 1.48. The van der Waals surface area contributed by atoms with Crippen LogP contribution in [-0.2, 0) is 28.2 Å². The molecule has 3 rings (SSSR count). The van der Waals surface area contributed by atoms with Gasteiger partial charge in [-0.3, -0.25) is 14.1 Å². The number of allylic oxidation sites excluding steroid dienone is 1. The fourth-order valence-electron chi connectivity index (χ4n) is 3.31. The van der Waals surface area contributed by atoms with Gasteiger partial charge in [0, 0.05) is 18.0 Å². The molecule has 174 valence electrons. The molecule has 0 saturated carbocycles. The van der Waals surface area contributed by atoms with Crippen molar-refractivity contribution >= 4 is 19.6 Å². The normalized spacial score (nSPS) is 23.2. The van der Waals surface area contributed by atoms with Crippen molar-refractivity contribution in [1.29, 1.82) is 0 Å². The van der Waals surface area contributed by atoms with E-state index in [4.69, 9.17) is 19.5 Å². The Bertz CT molecular complexity index is 921. The summed E-state index contributed by atoms with van der Waals surface area (Å²) in [6, 6.07) is 7.61. The molecule has 11 heteroatoms. The molecule has 1 fully saturated rings. The Balaban J connectivity index is 1.62. The second kappa shape index (κ2) is 10.8. The Morgan fingerprint density at radius 2 is 2.06 bits per heavy atom. The van der Waals surface area contributed by atoms with Gasteiger partial charge in [0.2, 0.25) is 5.91 Å². The number of benzene rings is 1. The molecule has 2 heterocycles. The predicted molar refractivity (Wildman–Crippen MR) is 116 cm³/mol. The lowest BCUT2D eigenvalue weighted by molar-refractivity contribution is -0.142. The minimum absolute atomic E-state index is 0.0224. The molecule has 0 aliphatic carbocycles. The molecule has 1 aromatic carbocycles. The van der Waals surface area contributed by atoms with Crippen molar-refractivity contribution in [1.82, 2.24) is 9.99 Å². The highest BCUT2D eigenvalue weighted by molar-refractivity contribution is 7.52.